The summed E-state index contributed by atoms with van der Waals surface area (Å²) < 4.78 is 7.57. The van der Waals surface area contributed by atoms with Gasteiger partial charge in [0, 0.05) is 56.0 Å². The highest BCUT2D eigenvalue weighted by molar-refractivity contribution is 5.84. The predicted molar refractivity (Wildman–Crippen MR) is 92.9 cm³/mol. The summed E-state index contributed by atoms with van der Waals surface area (Å²) in [4.78, 5) is 16.2. The van der Waals surface area contributed by atoms with Crippen molar-refractivity contribution in [2.24, 2.45) is 7.05 Å². The van der Waals surface area contributed by atoms with Crippen LogP contribution in [0, 0.1) is 0 Å². The largest absolute Gasteiger partial charge is 0.444 e. The van der Waals surface area contributed by atoms with Crippen LogP contribution in [-0.4, -0.2) is 47.3 Å². The molecule has 124 valence electrons. The Kier molecular flexibility index (Phi) is 3.96. The molecule has 5 heteroatoms. The quantitative estimate of drug-likeness (QED) is 0.811. The van der Waals surface area contributed by atoms with Crippen LogP contribution in [0.15, 0.2) is 30.5 Å². The first-order chi connectivity index (χ1) is 10.8. The normalized spacial score (nSPS) is 16.0. The van der Waals surface area contributed by atoms with Crippen molar-refractivity contribution >= 4 is 22.7 Å². The molecule has 1 saturated heterocycles. The van der Waals surface area contributed by atoms with Crippen LogP contribution in [0.1, 0.15) is 20.8 Å². The molecule has 0 N–H and O–H groups in total. The second-order valence-electron chi connectivity index (χ2n) is 7.12. The summed E-state index contributed by atoms with van der Waals surface area (Å²) >= 11 is 0. The zero-order valence-electron chi connectivity index (χ0n) is 14.4. The molecule has 0 saturated carbocycles. The number of piperazine rings is 1. The Morgan fingerprint density at radius 2 is 1.78 bits per heavy atom. The van der Waals surface area contributed by atoms with Crippen molar-refractivity contribution in [3.8, 4) is 0 Å². The molecule has 5 nitrogen and oxygen atoms in total. The van der Waals surface area contributed by atoms with Crippen molar-refractivity contribution in [1.82, 2.24) is 9.47 Å². The van der Waals surface area contributed by atoms with Gasteiger partial charge in [0.2, 0.25) is 0 Å². The molecule has 1 aromatic heterocycles. The van der Waals surface area contributed by atoms with Gasteiger partial charge in [-0.3, -0.25) is 0 Å². The molecule has 0 spiro atoms. The number of carbonyl (C=O) groups excluding carboxylic acids is 1. The van der Waals surface area contributed by atoms with Crippen LogP contribution in [0.4, 0.5) is 10.5 Å². The summed E-state index contributed by atoms with van der Waals surface area (Å²) in [5, 5.41) is 1.25. The number of anilines is 1. The first kappa shape index (κ1) is 15.7. The smallest absolute Gasteiger partial charge is 0.410 e. The Morgan fingerprint density at radius 3 is 2.43 bits per heavy atom. The third kappa shape index (κ3) is 3.44. The lowest BCUT2D eigenvalue weighted by molar-refractivity contribution is 0.0240. The topological polar surface area (TPSA) is 37.7 Å². The summed E-state index contributed by atoms with van der Waals surface area (Å²) in [6.07, 6.45) is 1.87. The molecule has 2 heterocycles. The van der Waals surface area contributed by atoms with Crippen LogP contribution < -0.4 is 4.90 Å². The van der Waals surface area contributed by atoms with Crippen LogP contribution in [-0.2, 0) is 11.8 Å². The summed E-state index contributed by atoms with van der Waals surface area (Å²) in [6.45, 7) is 8.75. The first-order valence-corrected chi connectivity index (χ1v) is 8.11. The molecule has 1 aliphatic rings. The van der Waals surface area contributed by atoms with Gasteiger partial charge in [-0.15, -0.1) is 0 Å². The molecule has 0 bridgehead atoms. The maximum atomic E-state index is 12.1. The molecule has 1 aliphatic heterocycles. The number of hydrogen-bond donors (Lipinski definition) is 0. The fourth-order valence-corrected chi connectivity index (χ4v) is 2.94. The summed E-state index contributed by atoms with van der Waals surface area (Å²) in [5.41, 5.74) is 2.01. The molecule has 0 aliphatic carbocycles. The van der Waals surface area contributed by atoms with E-state index in [1.54, 1.807) is 4.90 Å². The van der Waals surface area contributed by atoms with E-state index in [2.05, 4.69) is 47.0 Å². The third-order valence-corrected chi connectivity index (χ3v) is 4.17. The van der Waals surface area contributed by atoms with E-state index in [0.717, 1.165) is 13.1 Å². The molecular formula is C18H25N3O2. The van der Waals surface area contributed by atoms with E-state index in [1.807, 2.05) is 20.8 Å². The number of benzene rings is 1. The molecular weight excluding hydrogens is 290 g/mol. The van der Waals surface area contributed by atoms with Gasteiger partial charge in [-0.2, -0.15) is 0 Å². The van der Waals surface area contributed by atoms with Gasteiger partial charge < -0.3 is 19.1 Å². The monoisotopic (exact) mass is 315 g/mol. The predicted octanol–water partition coefficient (Wildman–Crippen LogP) is 3.24. The minimum absolute atomic E-state index is 0.212. The fraction of sp³-hybridized carbons (Fsp3) is 0.500. The number of amides is 1. The Labute approximate surface area is 137 Å². The SMILES string of the molecule is Cn1ccc2cc(N3CCN(C(=O)OC(C)(C)C)CC3)ccc21. The van der Waals surface area contributed by atoms with Gasteiger partial charge >= 0.3 is 6.09 Å². The maximum Gasteiger partial charge on any atom is 0.410 e. The second-order valence-corrected chi connectivity index (χ2v) is 7.12. The molecule has 2 aromatic rings. The van der Waals surface area contributed by atoms with Crippen LogP contribution in [0.25, 0.3) is 10.9 Å². The zero-order valence-corrected chi connectivity index (χ0v) is 14.4. The van der Waals surface area contributed by atoms with E-state index in [1.165, 1.54) is 16.6 Å². The van der Waals surface area contributed by atoms with E-state index < -0.39 is 5.60 Å². The maximum absolute atomic E-state index is 12.1. The molecule has 0 radical (unpaired) electrons. The van der Waals surface area contributed by atoms with Crippen molar-refractivity contribution < 1.29 is 9.53 Å². The number of nitrogens with zero attached hydrogens (tertiary/aromatic N) is 3. The number of fused-ring (bicyclic) bond motifs is 1. The minimum Gasteiger partial charge on any atom is -0.444 e. The first-order valence-electron chi connectivity index (χ1n) is 8.11. The van der Waals surface area contributed by atoms with Gasteiger partial charge in [0.1, 0.15) is 5.60 Å². The van der Waals surface area contributed by atoms with Crippen LogP contribution in [0.5, 0.6) is 0 Å². The van der Waals surface area contributed by atoms with E-state index in [4.69, 9.17) is 4.74 Å². The summed E-state index contributed by atoms with van der Waals surface area (Å²) in [5.74, 6) is 0. The van der Waals surface area contributed by atoms with Crippen molar-refractivity contribution in [1.29, 1.82) is 0 Å². The Morgan fingerprint density at radius 1 is 1.09 bits per heavy atom. The number of carbonyl (C=O) groups is 1. The van der Waals surface area contributed by atoms with Gasteiger partial charge in [0.25, 0.3) is 0 Å². The van der Waals surface area contributed by atoms with Gasteiger partial charge in [0.15, 0.2) is 0 Å². The number of rotatable bonds is 1. The molecule has 1 aromatic carbocycles. The highest BCUT2D eigenvalue weighted by atomic mass is 16.6. The zero-order chi connectivity index (χ0) is 16.6. The molecule has 1 fully saturated rings. The summed E-state index contributed by atoms with van der Waals surface area (Å²) in [7, 11) is 2.06. The average Bonchev–Trinajstić information content (AvgIpc) is 2.87. The van der Waals surface area contributed by atoms with Gasteiger partial charge in [-0.1, -0.05) is 0 Å². The Hall–Kier alpha value is -2.17. The second kappa shape index (κ2) is 5.80. The van der Waals surface area contributed by atoms with Crippen LogP contribution >= 0.6 is 0 Å². The lowest BCUT2D eigenvalue weighted by Gasteiger charge is -2.36. The van der Waals surface area contributed by atoms with E-state index >= 15 is 0 Å². The standard InChI is InChI=1S/C18H25N3O2/c1-18(2,3)23-17(22)21-11-9-20(10-12-21)15-5-6-16-14(13-15)7-8-19(16)4/h5-8,13H,9-12H2,1-4H3. The van der Waals surface area contributed by atoms with Crippen molar-refractivity contribution in [3.05, 3.63) is 30.5 Å². The minimum atomic E-state index is -0.438. The Balaban J connectivity index is 1.65. The van der Waals surface area contributed by atoms with Gasteiger partial charge in [-0.25, -0.2) is 4.79 Å². The molecule has 1 amide bonds. The van der Waals surface area contributed by atoms with E-state index in [9.17, 15) is 4.79 Å². The van der Waals surface area contributed by atoms with Crippen molar-refractivity contribution in [2.45, 2.75) is 26.4 Å². The molecule has 0 unspecified atom stereocenters. The third-order valence-electron chi connectivity index (χ3n) is 4.17. The molecule has 0 atom stereocenters. The number of ether oxygens (including phenoxy) is 1. The molecule has 3 rings (SSSR count). The number of aromatic nitrogens is 1. The van der Waals surface area contributed by atoms with Crippen molar-refractivity contribution in [2.75, 3.05) is 31.1 Å². The van der Waals surface area contributed by atoms with Gasteiger partial charge in [-0.05, 0) is 45.0 Å². The fourth-order valence-electron chi connectivity index (χ4n) is 2.94. The van der Waals surface area contributed by atoms with Gasteiger partial charge in [0.05, 0.1) is 0 Å². The van der Waals surface area contributed by atoms with Crippen LogP contribution in [0.3, 0.4) is 0 Å². The van der Waals surface area contributed by atoms with E-state index in [0.29, 0.717) is 13.1 Å². The lowest BCUT2D eigenvalue weighted by Crippen LogP contribution is -2.50. The number of hydrogen-bond acceptors (Lipinski definition) is 3. The lowest BCUT2D eigenvalue weighted by atomic mass is 10.2. The van der Waals surface area contributed by atoms with E-state index in [-0.39, 0.29) is 6.09 Å². The highest BCUT2D eigenvalue weighted by Crippen LogP contribution is 2.24. The Bertz CT molecular complexity index is 707. The van der Waals surface area contributed by atoms with Crippen LogP contribution in [0.2, 0.25) is 0 Å². The number of aryl methyl sites for hydroxylation is 1. The van der Waals surface area contributed by atoms with Crippen molar-refractivity contribution in [3.63, 3.8) is 0 Å². The highest BCUT2D eigenvalue weighted by Gasteiger charge is 2.26. The molecule has 23 heavy (non-hydrogen) atoms. The average molecular weight is 315 g/mol. The summed E-state index contributed by atoms with van der Waals surface area (Å²) in [6, 6.07) is 8.67.